The van der Waals surface area contributed by atoms with Crippen molar-refractivity contribution in [3.8, 4) is 11.3 Å². The summed E-state index contributed by atoms with van der Waals surface area (Å²) in [5.74, 6) is 0.813. The van der Waals surface area contributed by atoms with Crippen molar-refractivity contribution >= 4 is 11.7 Å². The summed E-state index contributed by atoms with van der Waals surface area (Å²) in [6.45, 7) is 5.64. The predicted octanol–water partition coefficient (Wildman–Crippen LogP) is 3.22. The van der Waals surface area contributed by atoms with Crippen LogP contribution in [0.3, 0.4) is 0 Å². The number of morpholine rings is 1. The molecule has 1 fully saturated rings. The molecule has 0 bridgehead atoms. The van der Waals surface area contributed by atoms with Gasteiger partial charge in [-0.1, -0.05) is 42.0 Å². The summed E-state index contributed by atoms with van der Waals surface area (Å²) in [6.07, 6.45) is 1.59. The second kappa shape index (κ2) is 8.84. The van der Waals surface area contributed by atoms with E-state index in [2.05, 4.69) is 26.3 Å². The third-order valence-corrected chi connectivity index (χ3v) is 4.97. The van der Waals surface area contributed by atoms with E-state index in [-0.39, 0.29) is 5.91 Å². The molecule has 1 aliphatic rings. The Balaban J connectivity index is 1.43. The number of carbonyl (C=O) groups excluding carboxylic acids is 1. The number of nitrogens with one attached hydrogen (secondary N) is 1. The summed E-state index contributed by atoms with van der Waals surface area (Å²) < 4.78 is 5.40. The van der Waals surface area contributed by atoms with Crippen molar-refractivity contribution in [2.45, 2.75) is 13.5 Å². The van der Waals surface area contributed by atoms with E-state index < -0.39 is 0 Å². The first-order chi connectivity index (χ1) is 14.2. The van der Waals surface area contributed by atoms with Crippen LogP contribution >= 0.6 is 0 Å². The normalized spacial score (nSPS) is 13.9. The highest BCUT2D eigenvalue weighted by Gasteiger charge is 2.14. The second-order valence-corrected chi connectivity index (χ2v) is 7.11. The second-order valence-electron chi connectivity index (χ2n) is 7.11. The van der Waals surface area contributed by atoms with Crippen LogP contribution in [0, 0.1) is 6.92 Å². The Morgan fingerprint density at radius 3 is 2.62 bits per heavy atom. The zero-order valence-corrected chi connectivity index (χ0v) is 16.5. The van der Waals surface area contributed by atoms with Crippen LogP contribution in [0.4, 0.5) is 5.82 Å². The van der Waals surface area contributed by atoms with Gasteiger partial charge >= 0.3 is 0 Å². The smallest absolute Gasteiger partial charge is 0.251 e. The molecule has 0 atom stereocenters. The number of aryl methyl sites for hydroxylation is 1. The molecule has 1 amide bonds. The Hall–Kier alpha value is -3.25. The molecule has 1 aliphatic heterocycles. The van der Waals surface area contributed by atoms with Crippen molar-refractivity contribution in [1.29, 1.82) is 0 Å². The van der Waals surface area contributed by atoms with Crippen molar-refractivity contribution in [2.75, 3.05) is 31.2 Å². The van der Waals surface area contributed by atoms with Gasteiger partial charge in [-0.3, -0.25) is 4.79 Å². The van der Waals surface area contributed by atoms with Gasteiger partial charge in [0, 0.05) is 36.8 Å². The largest absolute Gasteiger partial charge is 0.378 e. The minimum Gasteiger partial charge on any atom is -0.378 e. The van der Waals surface area contributed by atoms with Gasteiger partial charge in [-0.2, -0.15) is 0 Å². The quantitative estimate of drug-likeness (QED) is 0.727. The first kappa shape index (κ1) is 19.1. The van der Waals surface area contributed by atoms with Crippen LogP contribution in [-0.4, -0.2) is 42.2 Å². The van der Waals surface area contributed by atoms with E-state index in [0.29, 0.717) is 25.3 Å². The van der Waals surface area contributed by atoms with Crippen molar-refractivity contribution in [1.82, 2.24) is 15.3 Å². The SMILES string of the molecule is Cc1cccc(CNC(=O)c2ccc(-c3cc(N4CCOCC4)ncn3)cc2)c1. The molecule has 0 radical (unpaired) electrons. The number of hydrogen-bond acceptors (Lipinski definition) is 5. The van der Waals surface area contributed by atoms with E-state index in [1.54, 1.807) is 6.33 Å². The summed E-state index contributed by atoms with van der Waals surface area (Å²) in [6, 6.07) is 17.6. The number of nitrogens with zero attached hydrogens (tertiary/aromatic N) is 3. The maximum Gasteiger partial charge on any atom is 0.251 e. The number of amides is 1. The molecule has 0 saturated carbocycles. The Morgan fingerprint density at radius 1 is 1.07 bits per heavy atom. The molecule has 29 heavy (non-hydrogen) atoms. The van der Waals surface area contributed by atoms with Crippen LogP contribution in [0.5, 0.6) is 0 Å². The fourth-order valence-corrected chi connectivity index (χ4v) is 3.37. The lowest BCUT2D eigenvalue weighted by Gasteiger charge is -2.27. The molecule has 2 aromatic carbocycles. The minimum absolute atomic E-state index is 0.0882. The molecule has 6 nitrogen and oxygen atoms in total. The average molecular weight is 388 g/mol. The zero-order chi connectivity index (χ0) is 20.1. The molecule has 6 heteroatoms. The summed E-state index contributed by atoms with van der Waals surface area (Å²) in [7, 11) is 0. The van der Waals surface area contributed by atoms with Crippen molar-refractivity contribution < 1.29 is 9.53 Å². The number of rotatable bonds is 5. The fraction of sp³-hybridized carbons (Fsp3) is 0.261. The van der Waals surface area contributed by atoms with Crippen LogP contribution in [0.15, 0.2) is 60.9 Å². The fourth-order valence-electron chi connectivity index (χ4n) is 3.37. The van der Waals surface area contributed by atoms with Crippen LogP contribution in [0.1, 0.15) is 21.5 Å². The van der Waals surface area contributed by atoms with Crippen LogP contribution in [0.25, 0.3) is 11.3 Å². The molecule has 4 rings (SSSR count). The first-order valence-corrected chi connectivity index (χ1v) is 9.78. The van der Waals surface area contributed by atoms with Gasteiger partial charge in [0.1, 0.15) is 12.1 Å². The number of aromatic nitrogens is 2. The molecule has 0 unspecified atom stereocenters. The van der Waals surface area contributed by atoms with E-state index in [1.807, 2.05) is 55.5 Å². The third-order valence-electron chi connectivity index (χ3n) is 4.97. The first-order valence-electron chi connectivity index (χ1n) is 9.78. The lowest BCUT2D eigenvalue weighted by atomic mass is 10.1. The Labute approximate surface area is 170 Å². The van der Waals surface area contributed by atoms with Gasteiger partial charge in [0.05, 0.1) is 18.9 Å². The van der Waals surface area contributed by atoms with Gasteiger partial charge in [0.25, 0.3) is 5.91 Å². The highest BCUT2D eigenvalue weighted by Crippen LogP contribution is 2.22. The van der Waals surface area contributed by atoms with Gasteiger partial charge < -0.3 is 15.0 Å². The monoisotopic (exact) mass is 388 g/mol. The highest BCUT2D eigenvalue weighted by atomic mass is 16.5. The average Bonchev–Trinajstić information content (AvgIpc) is 2.78. The Bertz CT molecular complexity index is 982. The topological polar surface area (TPSA) is 67.4 Å². The van der Waals surface area contributed by atoms with Gasteiger partial charge in [-0.05, 0) is 24.6 Å². The highest BCUT2D eigenvalue weighted by molar-refractivity contribution is 5.94. The predicted molar refractivity (Wildman–Crippen MR) is 113 cm³/mol. The molecule has 2 heterocycles. The zero-order valence-electron chi connectivity index (χ0n) is 16.5. The molecule has 1 saturated heterocycles. The van der Waals surface area contributed by atoms with Crippen molar-refractivity contribution in [3.05, 3.63) is 77.6 Å². The van der Waals surface area contributed by atoms with E-state index >= 15 is 0 Å². The number of carbonyl (C=O) groups is 1. The van der Waals surface area contributed by atoms with Gasteiger partial charge in [-0.15, -0.1) is 0 Å². The van der Waals surface area contributed by atoms with Crippen LogP contribution in [0.2, 0.25) is 0 Å². The molecule has 1 aromatic heterocycles. The van der Waals surface area contributed by atoms with E-state index in [9.17, 15) is 4.79 Å². The third kappa shape index (κ3) is 4.78. The molecule has 3 aromatic rings. The molecule has 0 aliphatic carbocycles. The van der Waals surface area contributed by atoms with Crippen LogP contribution in [-0.2, 0) is 11.3 Å². The van der Waals surface area contributed by atoms with E-state index in [1.165, 1.54) is 5.56 Å². The number of hydrogen-bond donors (Lipinski definition) is 1. The van der Waals surface area contributed by atoms with Crippen LogP contribution < -0.4 is 10.2 Å². The molecule has 148 valence electrons. The molecule has 1 N–H and O–H groups in total. The summed E-state index contributed by atoms with van der Waals surface area (Å²) in [5.41, 5.74) is 4.70. The van der Waals surface area contributed by atoms with Gasteiger partial charge in [0.2, 0.25) is 0 Å². The molecule has 0 spiro atoms. The van der Waals surface area contributed by atoms with Crippen molar-refractivity contribution in [2.24, 2.45) is 0 Å². The number of benzene rings is 2. The summed E-state index contributed by atoms with van der Waals surface area (Å²) >= 11 is 0. The number of ether oxygens (including phenoxy) is 1. The van der Waals surface area contributed by atoms with E-state index in [0.717, 1.165) is 35.7 Å². The Kier molecular flexibility index (Phi) is 5.81. The maximum atomic E-state index is 12.5. The van der Waals surface area contributed by atoms with Crippen molar-refractivity contribution in [3.63, 3.8) is 0 Å². The summed E-state index contributed by atoms with van der Waals surface area (Å²) in [4.78, 5) is 23.4. The molecular formula is C23H24N4O2. The lowest BCUT2D eigenvalue weighted by molar-refractivity contribution is 0.0951. The lowest BCUT2D eigenvalue weighted by Crippen LogP contribution is -2.36. The summed E-state index contributed by atoms with van der Waals surface area (Å²) in [5, 5.41) is 2.97. The molecular weight excluding hydrogens is 364 g/mol. The maximum absolute atomic E-state index is 12.5. The van der Waals surface area contributed by atoms with E-state index in [4.69, 9.17) is 4.74 Å². The number of anilines is 1. The standard InChI is InChI=1S/C23H24N4O2/c1-17-3-2-4-18(13-17)15-24-23(28)20-7-5-19(6-8-20)21-14-22(26-16-25-21)27-9-11-29-12-10-27/h2-8,13-14,16H,9-12,15H2,1H3,(H,24,28). The Morgan fingerprint density at radius 2 is 1.86 bits per heavy atom. The van der Waals surface area contributed by atoms with Gasteiger partial charge in [0.15, 0.2) is 0 Å². The minimum atomic E-state index is -0.0882. The van der Waals surface area contributed by atoms with Gasteiger partial charge in [-0.25, -0.2) is 9.97 Å².